The highest BCUT2D eigenvalue weighted by Crippen LogP contribution is 2.46. The molecule has 3 heterocycles. The minimum atomic E-state index is -5.22. The van der Waals surface area contributed by atoms with Gasteiger partial charge in [-0.3, -0.25) is 57.5 Å². The van der Waals surface area contributed by atoms with E-state index in [-0.39, 0.29) is 96.7 Å². The summed E-state index contributed by atoms with van der Waals surface area (Å²) >= 11 is 0. The van der Waals surface area contributed by atoms with E-state index >= 15 is 37.5 Å². The van der Waals surface area contributed by atoms with Gasteiger partial charge in [-0.15, -0.1) is 0 Å². The molecule has 33 heteroatoms. The van der Waals surface area contributed by atoms with E-state index in [1.54, 1.807) is 39.8 Å². The van der Waals surface area contributed by atoms with E-state index < -0.39 is 230 Å². The number of nitrogens with one attached hydrogen (secondary N) is 2. The third-order valence-electron chi connectivity index (χ3n) is 24.2. The zero-order valence-electron chi connectivity index (χ0n) is 64.4. The zero-order valence-corrected chi connectivity index (χ0v) is 64.4. The van der Waals surface area contributed by atoms with E-state index in [0.717, 1.165) is 29.4 Å². The van der Waals surface area contributed by atoms with Crippen LogP contribution in [0, 0.1) is 35.5 Å². The third kappa shape index (κ3) is 20.2. The Kier molecular flexibility index (Phi) is 30.1. The van der Waals surface area contributed by atoms with E-state index in [1.807, 2.05) is 0 Å². The Morgan fingerprint density at radius 1 is 0.636 bits per heavy atom. The average Bonchev–Trinajstić information content (AvgIpc) is 1.68. The maximum absolute atomic E-state index is 15.7. The van der Waals surface area contributed by atoms with Gasteiger partial charge in [0.2, 0.25) is 70.9 Å². The first kappa shape index (κ1) is 87.0. The highest BCUT2D eigenvalue weighted by molar-refractivity contribution is 6.01. The van der Waals surface area contributed by atoms with Crippen molar-refractivity contribution in [1.82, 2.24) is 59.6 Å². The van der Waals surface area contributed by atoms with Crippen LogP contribution in [-0.4, -0.2) is 301 Å². The van der Waals surface area contributed by atoms with E-state index in [0.29, 0.717) is 38.5 Å². The zero-order chi connectivity index (χ0) is 79.6. The van der Waals surface area contributed by atoms with Gasteiger partial charge >= 0.3 is 12.4 Å². The molecule has 7 aliphatic rings. The number of halogens is 8. The molecule has 604 valence electrons. The molecule has 2 unspecified atom stereocenters. The van der Waals surface area contributed by atoms with Crippen molar-refractivity contribution < 1.29 is 97.4 Å². The van der Waals surface area contributed by atoms with Crippen LogP contribution in [0.5, 0.6) is 0 Å². The van der Waals surface area contributed by atoms with Crippen molar-refractivity contribution in [2.75, 3.05) is 96.2 Å². The summed E-state index contributed by atoms with van der Waals surface area (Å²) in [5.41, 5.74) is -1.65. The summed E-state index contributed by atoms with van der Waals surface area (Å²) in [5, 5.41) is 5.44. The summed E-state index contributed by atoms with van der Waals surface area (Å²) in [6.07, 6.45) is -13.2. The smallest absolute Gasteiger partial charge is 0.377 e. The molecule has 12 atom stereocenters. The van der Waals surface area contributed by atoms with Crippen LogP contribution >= 0.6 is 0 Å². The quantitative estimate of drug-likeness (QED) is 0.166. The van der Waals surface area contributed by atoms with Crippen molar-refractivity contribution in [1.29, 1.82) is 0 Å². The number of carbonyl (C=O) groups is 12. The van der Waals surface area contributed by atoms with Crippen molar-refractivity contribution in [2.24, 2.45) is 35.5 Å². The molecule has 6 fully saturated rings. The molecular weight excluding hydrogens is 1420 g/mol. The number of amides is 12. The number of hydrogen-bond donors (Lipinski definition) is 2. The normalized spacial score (nSPS) is 32.2. The third-order valence-corrected chi connectivity index (χ3v) is 24.2. The van der Waals surface area contributed by atoms with Gasteiger partial charge in [0.1, 0.15) is 72.1 Å². The Balaban J connectivity index is 1.33. The predicted molar refractivity (Wildman–Crippen MR) is 377 cm³/mol. The Hall–Kier alpha value is -7.22. The van der Waals surface area contributed by atoms with Crippen LogP contribution in [0.4, 0.5) is 35.1 Å². The Morgan fingerprint density at radius 2 is 1.25 bits per heavy atom. The molecule has 2 bridgehead atoms. The molecule has 3 aliphatic heterocycles. The van der Waals surface area contributed by atoms with Crippen LogP contribution in [0.15, 0.2) is 12.2 Å². The minimum Gasteiger partial charge on any atom is -0.377 e. The van der Waals surface area contributed by atoms with Gasteiger partial charge in [0, 0.05) is 89.5 Å². The van der Waals surface area contributed by atoms with Crippen molar-refractivity contribution >= 4 is 70.9 Å². The topological polar surface area (TPSA) is 271 Å². The van der Waals surface area contributed by atoms with Crippen LogP contribution in [0.1, 0.15) is 169 Å². The Bertz CT molecular complexity index is 3210. The monoisotopic (exact) mass is 1530 g/mol. The maximum Gasteiger partial charge on any atom is 0.397 e. The number of ether oxygens (including phenoxy) is 1. The van der Waals surface area contributed by atoms with E-state index in [4.69, 9.17) is 4.74 Å². The van der Waals surface area contributed by atoms with Crippen molar-refractivity contribution in [2.45, 2.75) is 254 Å². The van der Waals surface area contributed by atoms with Gasteiger partial charge in [0.25, 0.3) is 0 Å². The van der Waals surface area contributed by atoms with Crippen LogP contribution in [0.2, 0.25) is 0 Å². The number of likely N-dealkylation sites (N-methyl/N-ethyl adjacent to an activating group) is 8. The number of rotatable bonds is 12. The van der Waals surface area contributed by atoms with Crippen LogP contribution in [-0.2, 0) is 62.3 Å². The van der Waals surface area contributed by atoms with Gasteiger partial charge in [-0.05, 0) is 140 Å². The van der Waals surface area contributed by atoms with E-state index in [9.17, 15) is 55.1 Å². The van der Waals surface area contributed by atoms with Gasteiger partial charge < -0.3 is 64.4 Å². The highest BCUT2D eigenvalue weighted by atomic mass is 19.4. The fourth-order valence-electron chi connectivity index (χ4n) is 17.1. The largest absolute Gasteiger partial charge is 0.397 e. The molecule has 4 aliphatic carbocycles. The molecule has 12 amide bonds. The molecule has 7 rings (SSSR count). The lowest BCUT2D eigenvalue weighted by molar-refractivity contribution is -0.219. The molecule has 2 N–H and O–H groups in total. The molecule has 25 nitrogen and oxygen atoms in total. The summed E-state index contributed by atoms with van der Waals surface area (Å²) in [5.74, 6) is -16.7. The van der Waals surface area contributed by atoms with Gasteiger partial charge in [-0.2, -0.15) is 26.3 Å². The van der Waals surface area contributed by atoms with Gasteiger partial charge in [0.05, 0.1) is 31.5 Å². The number of nitrogens with zero attached hydrogens (tertiary/aromatic N) is 10. The first-order valence-electron chi connectivity index (χ1n) is 38.1. The van der Waals surface area contributed by atoms with E-state index in [2.05, 4.69) is 10.6 Å². The van der Waals surface area contributed by atoms with Crippen molar-refractivity contribution in [3.63, 3.8) is 0 Å². The van der Waals surface area contributed by atoms with Crippen molar-refractivity contribution in [3.8, 4) is 0 Å². The lowest BCUT2D eigenvalue weighted by Crippen LogP contribution is -2.68. The molecule has 1 spiro atoms. The molecule has 0 aromatic heterocycles. The van der Waals surface area contributed by atoms with Gasteiger partial charge in [0.15, 0.2) is 0 Å². The van der Waals surface area contributed by atoms with Crippen LogP contribution in [0.3, 0.4) is 0 Å². The summed E-state index contributed by atoms with van der Waals surface area (Å²) in [4.78, 5) is 192. The second kappa shape index (κ2) is 37.0. The number of alkyl halides is 8. The fraction of sp³-hybridized carbons (Fsp3) is 0.811. The average molecular weight is 1530 g/mol. The molecule has 107 heavy (non-hydrogen) atoms. The minimum absolute atomic E-state index is 0.00223. The molecular formula is C74H114F8N12O13. The lowest BCUT2D eigenvalue weighted by atomic mass is 9.73. The molecule has 2 saturated heterocycles. The van der Waals surface area contributed by atoms with Gasteiger partial charge in [-0.1, -0.05) is 52.2 Å². The Labute approximate surface area is 623 Å². The fourth-order valence-corrected chi connectivity index (χ4v) is 17.1. The summed E-state index contributed by atoms with van der Waals surface area (Å²) in [6.45, 7) is 4.87. The molecule has 4 saturated carbocycles. The summed E-state index contributed by atoms with van der Waals surface area (Å²) < 4.78 is 121. The summed E-state index contributed by atoms with van der Waals surface area (Å²) in [6, 6.07) is -11.3. The number of hydrogen-bond acceptors (Lipinski definition) is 13. The van der Waals surface area contributed by atoms with Gasteiger partial charge in [-0.25, -0.2) is 8.78 Å². The maximum atomic E-state index is 15.7. The standard InChI is InChI=1S/C74H114F8N12O13/c1-14-43(4)61-69(104)87(8)42-59(97)89(10)53-25-18-17-21-34-93(68(53)103)55(37-44-26-29-47(30-27-44)73(77,78)79)66(101)86(7)41-57(95)83-51(31-28-45-35-49(75)60(50(76)36-45)74(80,81)82)64(99)94-40-48(107-16-3)38-56(94)67(102)92(13)72(32-22-33-72)71(106)91(12)62(46-23-19-20-24-46)70(105)90(11)54(65(100)85(5)6)39-58(96)88(9)52(15-2)63(98)84-61/h17-18,43-56,60-62H,14-16,19-42H2,1-13H3,(H,83,95)(H,84,98)/b18-17-/t43-,44?,45?,47?,48+,49?,50?,51-,52-,53-,54-,55-,56-,60?,61-,62-/m0/s1. The van der Waals surface area contributed by atoms with Crippen molar-refractivity contribution in [3.05, 3.63) is 12.2 Å². The second-order valence-corrected chi connectivity index (χ2v) is 31.3. The lowest BCUT2D eigenvalue weighted by Gasteiger charge is -2.51. The SMILES string of the molecule is CCO[C@@H]1C[C@H]2C(=O)N(C)C3(CCC3)C(=O)N(C)[C@@H](C3CCCC3)C(=O)N(C)[C@H](C(=O)N(C)C)CC(=O)N(C)[C@@H](CC)C(=O)N[C@@H]([C@@H](C)CC)C(=O)N(C)CC(=O)N(C)[C@H]3C/C=C\CCN(C3=O)[C@@H](CC3CCC(C(F)(F)F)CC3)C(=O)N(C)CC(=O)N[C@@H](CCC3CC(F)C(C(F)(F)F)C(F)C3)C(=O)N2C1. The first-order chi connectivity index (χ1) is 50.1. The molecule has 0 aromatic rings. The first-order valence-corrected chi connectivity index (χ1v) is 38.1. The Morgan fingerprint density at radius 3 is 1.80 bits per heavy atom. The highest BCUT2D eigenvalue weighted by Gasteiger charge is 2.58. The summed E-state index contributed by atoms with van der Waals surface area (Å²) in [7, 11) is 12.2. The second-order valence-electron chi connectivity index (χ2n) is 31.3. The number of carbonyl (C=O) groups excluding carboxylic acids is 12. The molecule has 0 radical (unpaired) electrons. The predicted octanol–water partition coefficient (Wildman–Crippen LogP) is 6.06. The molecule has 0 aromatic carbocycles. The van der Waals surface area contributed by atoms with Crippen LogP contribution < -0.4 is 10.6 Å². The van der Waals surface area contributed by atoms with E-state index in [1.165, 1.54) is 83.0 Å². The van der Waals surface area contributed by atoms with Crippen LogP contribution in [0.25, 0.3) is 0 Å². The number of fused-ring (bicyclic) bond motifs is 3.